The lowest BCUT2D eigenvalue weighted by Crippen LogP contribution is -2.28. The highest BCUT2D eigenvalue weighted by molar-refractivity contribution is 7.89. The maximum atomic E-state index is 12.2. The van der Waals surface area contributed by atoms with Gasteiger partial charge in [-0.25, -0.2) is 18.1 Å². The summed E-state index contributed by atoms with van der Waals surface area (Å²) < 4.78 is 32.4. The summed E-state index contributed by atoms with van der Waals surface area (Å²) in [7, 11) is -3.57. The van der Waals surface area contributed by atoms with Crippen molar-refractivity contribution in [2.75, 3.05) is 31.6 Å². The van der Waals surface area contributed by atoms with E-state index in [1.54, 1.807) is 12.3 Å². The first-order valence-electron chi connectivity index (χ1n) is 7.23. The van der Waals surface area contributed by atoms with Crippen LogP contribution in [-0.2, 0) is 14.8 Å². The van der Waals surface area contributed by atoms with E-state index in [4.69, 9.17) is 4.74 Å². The number of hydrogen-bond acceptors (Lipinski definition) is 5. The first-order valence-corrected chi connectivity index (χ1v) is 8.72. The third-order valence-electron chi connectivity index (χ3n) is 2.78. The first-order chi connectivity index (χ1) is 9.97. The van der Waals surface area contributed by atoms with Crippen molar-refractivity contribution >= 4 is 15.8 Å². The Bertz CT molecular complexity index is 518. The summed E-state index contributed by atoms with van der Waals surface area (Å²) in [6.07, 6.45) is 2.53. The molecule has 7 heteroatoms. The topological polar surface area (TPSA) is 80.3 Å². The SMILES string of the molecule is CCNc1ncccc1S(=O)(=O)NCCOCCC(C)C. The maximum absolute atomic E-state index is 12.2. The Hall–Kier alpha value is -1.18. The molecule has 1 aromatic heterocycles. The summed E-state index contributed by atoms with van der Waals surface area (Å²) in [6, 6.07) is 3.14. The van der Waals surface area contributed by atoms with Crippen molar-refractivity contribution in [3.63, 3.8) is 0 Å². The van der Waals surface area contributed by atoms with Crippen molar-refractivity contribution in [2.45, 2.75) is 32.1 Å². The van der Waals surface area contributed by atoms with E-state index in [0.29, 0.717) is 31.5 Å². The summed E-state index contributed by atoms with van der Waals surface area (Å²) in [5.74, 6) is 0.952. The van der Waals surface area contributed by atoms with Gasteiger partial charge in [0, 0.05) is 25.9 Å². The summed E-state index contributed by atoms with van der Waals surface area (Å²) in [5.41, 5.74) is 0. The van der Waals surface area contributed by atoms with E-state index in [-0.39, 0.29) is 11.4 Å². The molecule has 1 rings (SSSR count). The zero-order valence-electron chi connectivity index (χ0n) is 12.9. The molecule has 0 aliphatic heterocycles. The van der Waals surface area contributed by atoms with Crippen LogP contribution in [-0.4, -0.2) is 39.7 Å². The Morgan fingerprint density at radius 3 is 2.76 bits per heavy atom. The lowest BCUT2D eigenvalue weighted by Gasteiger charge is -2.11. The van der Waals surface area contributed by atoms with Crippen molar-refractivity contribution in [2.24, 2.45) is 5.92 Å². The van der Waals surface area contributed by atoms with E-state index in [1.807, 2.05) is 6.92 Å². The molecule has 0 fully saturated rings. The number of hydrogen-bond donors (Lipinski definition) is 2. The smallest absolute Gasteiger partial charge is 0.244 e. The Kier molecular flexibility index (Phi) is 7.63. The van der Waals surface area contributed by atoms with Gasteiger partial charge in [-0.1, -0.05) is 13.8 Å². The van der Waals surface area contributed by atoms with Gasteiger partial charge in [-0.05, 0) is 31.4 Å². The summed E-state index contributed by atoms with van der Waals surface area (Å²) in [6.45, 7) is 8.00. The molecule has 0 amide bonds. The molecule has 0 aromatic carbocycles. The first kappa shape index (κ1) is 17.9. The van der Waals surface area contributed by atoms with Crippen LogP contribution in [0.1, 0.15) is 27.2 Å². The van der Waals surface area contributed by atoms with Crippen molar-refractivity contribution in [3.8, 4) is 0 Å². The summed E-state index contributed by atoms with van der Waals surface area (Å²) in [5, 5.41) is 2.94. The molecule has 120 valence electrons. The number of nitrogens with zero attached hydrogens (tertiary/aromatic N) is 1. The van der Waals surface area contributed by atoms with Crippen LogP contribution in [0.4, 0.5) is 5.82 Å². The molecule has 0 saturated heterocycles. The van der Waals surface area contributed by atoms with Crippen LogP contribution in [0.15, 0.2) is 23.2 Å². The Morgan fingerprint density at radius 1 is 1.33 bits per heavy atom. The van der Waals surface area contributed by atoms with Crippen LogP contribution in [0, 0.1) is 5.92 Å². The van der Waals surface area contributed by atoms with Crippen LogP contribution in [0.3, 0.4) is 0 Å². The number of ether oxygens (including phenoxy) is 1. The zero-order valence-corrected chi connectivity index (χ0v) is 13.7. The van der Waals surface area contributed by atoms with Gasteiger partial charge in [-0.2, -0.15) is 0 Å². The van der Waals surface area contributed by atoms with E-state index >= 15 is 0 Å². The van der Waals surface area contributed by atoms with Gasteiger partial charge in [-0.3, -0.25) is 0 Å². The van der Waals surface area contributed by atoms with Gasteiger partial charge in [0.25, 0.3) is 0 Å². The second-order valence-corrected chi connectivity index (χ2v) is 6.81. The molecule has 0 unspecified atom stereocenters. The van der Waals surface area contributed by atoms with Crippen LogP contribution in [0.25, 0.3) is 0 Å². The normalized spacial score (nSPS) is 11.8. The number of rotatable bonds is 10. The number of aromatic nitrogens is 1. The van der Waals surface area contributed by atoms with E-state index in [1.165, 1.54) is 6.07 Å². The minimum absolute atomic E-state index is 0.161. The van der Waals surface area contributed by atoms with Gasteiger partial charge in [0.2, 0.25) is 10.0 Å². The van der Waals surface area contributed by atoms with Crippen molar-refractivity contribution in [1.29, 1.82) is 0 Å². The Morgan fingerprint density at radius 2 is 2.10 bits per heavy atom. The molecule has 2 N–H and O–H groups in total. The van der Waals surface area contributed by atoms with Crippen LogP contribution in [0.5, 0.6) is 0 Å². The van der Waals surface area contributed by atoms with Gasteiger partial charge in [-0.15, -0.1) is 0 Å². The standard InChI is InChI=1S/C14H25N3O3S/c1-4-15-14-13(6-5-8-16-14)21(18,19)17-9-11-20-10-7-12(2)3/h5-6,8,12,17H,4,7,9-11H2,1-3H3,(H,15,16). The van der Waals surface area contributed by atoms with Crippen LogP contribution < -0.4 is 10.0 Å². The molecule has 0 aliphatic rings. The van der Waals surface area contributed by atoms with E-state index in [2.05, 4.69) is 28.9 Å². The van der Waals surface area contributed by atoms with Gasteiger partial charge < -0.3 is 10.1 Å². The molecule has 0 aliphatic carbocycles. The fourth-order valence-corrected chi connectivity index (χ4v) is 2.80. The highest BCUT2D eigenvalue weighted by Crippen LogP contribution is 2.17. The molecule has 0 bridgehead atoms. The fourth-order valence-electron chi connectivity index (χ4n) is 1.65. The molecule has 21 heavy (non-hydrogen) atoms. The third-order valence-corrected chi connectivity index (χ3v) is 4.28. The lowest BCUT2D eigenvalue weighted by atomic mass is 10.1. The summed E-state index contributed by atoms with van der Waals surface area (Å²) in [4.78, 5) is 4.21. The van der Waals surface area contributed by atoms with Crippen molar-refractivity contribution < 1.29 is 13.2 Å². The number of anilines is 1. The van der Waals surface area contributed by atoms with Crippen LogP contribution in [0.2, 0.25) is 0 Å². The predicted octanol–water partition coefficient (Wildman–Crippen LogP) is 1.85. The predicted molar refractivity (Wildman–Crippen MR) is 83.9 cm³/mol. The minimum Gasteiger partial charge on any atom is -0.380 e. The average Bonchev–Trinajstić information content (AvgIpc) is 2.43. The van der Waals surface area contributed by atoms with E-state index in [0.717, 1.165) is 6.42 Å². The largest absolute Gasteiger partial charge is 0.380 e. The lowest BCUT2D eigenvalue weighted by molar-refractivity contribution is 0.128. The maximum Gasteiger partial charge on any atom is 0.244 e. The third kappa shape index (κ3) is 6.41. The fraction of sp³-hybridized carbons (Fsp3) is 0.643. The molecule has 0 saturated carbocycles. The zero-order chi connectivity index (χ0) is 15.7. The highest BCUT2D eigenvalue weighted by atomic mass is 32.2. The van der Waals surface area contributed by atoms with E-state index in [9.17, 15) is 8.42 Å². The molecule has 0 spiro atoms. The highest BCUT2D eigenvalue weighted by Gasteiger charge is 2.18. The number of pyridine rings is 1. The van der Waals surface area contributed by atoms with Gasteiger partial charge in [0.15, 0.2) is 0 Å². The van der Waals surface area contributed by atoms with Gasteiger partial charge >= 0.3 is 0 Å². The Balaban J connectivity index is 2.50. The molecule has 1 heterocycles. The minimum atomic E-state index is -3.57. The number of nitrogens with one attached hydrogen (secondary N) is 2. The average molecular weight is 315 g/mol. The van der Waals surface area contributed by atoms with Gasteiger partial charge in [0.1, 0.15) is 10.7 Å². The monoisotopic (exact) mass is 315 g/mol. The van der Waals surface area contributed by atoms with Crippen molar-refractivity contribution in [3.05, 3.63) is 18.3 Å². The second kappa shape index (κ2) is 8.96. The molecule has 0 radical (unpaired) electrons. The molecular weight excluding hydrogens is 290 g/mol. The Labute approximate surface area is 127 Å². The van der Waals surface area contributed by atoms with Crippen molar-refractivity contribution in [1.82, 2.24) is 9.71 Å². The van der Waals surface area contributed by atoms with Gasteiger partial charge in [0.05, 0.1) is 6.61 Å². The molecule has 6 nitrogen and oxygen atoms in total. The molecule has 0 atom stereocenters. The summed E-state index contributed by atoms with van der Waals surface area (Å²) >= 11 is 0. The number of sulfonamides is 1. The van der Waals surface area contributed by atoms with Crippen LogP contribution >= 0.6 is 0 Å². The second-order valence-electron chi connectivity index (χ2n) is 5.07. The quantitative estimate of drug-likeness (QED) is 0.644. The van der Waals surface area contributed by atoms with E-state index < -0.39 is 10.0 Å². The molecular formula is C14H25N3O3S. The molecule has 1 aromatic rings.